The van der Waals surface area contributed by atoms with Gasteiger partial charge in [-0.15, -0.1) is 0 Å². The molecule has 0 aliphatic carbocycles. The Kier molecular flexibility index (Phi) is 26.4. The smallest absolute Gasteiger partial charge is 0.328 e. The molecule has 0 spiro atoms. The lowest BCUT2D eigenvalue weighted by molar-refractivity contribution is -0.147. The highest BCUT2D eigenvalue weighted by Gasteiger charge is 2.35. The van der Waals surface area contributed by atoms with Crippen molar-refractivity contribution in [3.05, 3.63) is 36.4 Å². The van der Waals surface area contributed by atoms with Crippen LogP contribution in [0, 0.1) is 29.6 Å². The summed E-state index contributed by atoms with van der Waals surface area (Å²) in [5.74, 6) is -4.05. The van der Waals surface area contributed by atoms with Crippen molar-refractivity contribution in [3.8, 4) is 11.5 Å². The second-order valence-electron chi connectivity index (χ2n) is 19.7. The van der Waals surface area contributed by atoms with Gasteiger partial charge in [-0.3, -0.25) is 28.8 Å². The molecule has 398 valence electrons. The van der Waals surface area contributed by atoms with Gasteiger partial charge in [0.05, 0.1) is 33.5 Å². The number of carbonyl (C=O) groups is 8. The summed E-state index contributed by atoms with van der Waals surface area (Å²) in [5, 5.41) is 28.4. The first-order valence-electron chi connectivity index (χ1n) is 24.9. The Bertz CT molecular complexity index is 2080. The van der Waals surface area contributed by atoms with Gasteiger partial charge in [0.1, 0.15) is 47.8 Å². The second-order valence-corrected chi connectivity index (χ2v) is 19.7. The topological polar surface area (TPSA) is 266 Å². The number of hydrogen-bond donors (Lipinski definition) is 7. The molecule has 0 bridgehead atoms. The molecule has 2 rings (SSSR count). The van der Waals surface area contributed by atoms with Crippen LogP contribution in [-0.4, -0.2) is 122 Å². The van der Waals surface area contributed by atoms with E-state index in [9.17, 15) is 43.5 Å². The zero-order valence-corrected chi connectivity index (χ0v) is 44.1. The van der Waals surface area contributed by atoms with E-state index in [1.165, 1.54) is 21.1 Å². The van der Waals surface area contributed by atoms with Crippen molar-refractivity contribution in [2.24, 2.45) is 29.6 Å². The molecule has 7 N–H and O–H groups in total. The van der Waals surface area contributed by atoms with Gasteiger partial charge >= 0.3 is 11.9 Å². The molecule has 0 unspecified atom stereocenters. The van der Waals surface area contributed by atoms with Crippen molar-refractivity contribution < 1.29 is 62.4 Å². The summed E-state index contributed by atoms with van der Waals surface area (Å²) in [6.45, 7) is 20.1. The maximum atomic E-state index is 13.5. The predicted octanol–water partition coefficient (Wildman–Crippen LogP) is 4.24. The Morgan fingerprint density at radius 2 is 0.944 bits per heavy atom. The van der Waals surface area contributed by atoms with Gasteiger partial charge in [-0.2, -0.15) is 0 Å². The van der Waals surface area contributed by atoms with Crippen LogP contribution >= 0.6 is 0 Å². The fraction of sp³-hybridized carbons (Fsp3) is 0.654. The summed E-state index contributed by atoms with van der Waals surface area (Å²) in [5.41, 5.74) is 0. The molecule has 0 aliphatic heterocycles. The molecule has 6 amide bonds. The Balaban J connectivity index is 1.95. The minimum Gasteiger partial charge on any atom is -0.494 e. The van der Waals surface area contributed by atoms with E-state index in [-0.39, 0.29) is 68.0 Å². The number of fused-ring (bicyclic) bond motifs is 1. The summed E-state index contributed by atoms with van der Waals surface area (Å²) in [6.07, 6.45) is 0.634. The minimum absolute atomic E-state index is 0.0404. The Morgan fingerprint density at radius 1 is 0.507 bits per heavy atom. The third-order valence-corrected chi connectivity index (χ3v) is 11.8. The molecule has 0 saturated heterocycles. The number of nitrogens with one attached hydrogen (secondary N) is 6. The fourth-order valence-electron chi connectivity index (χ4n) is 7.54. The van der Waals surface area contributed by atoms with E-state index in [1.54, 1.807) is 34.6 Å². The van der Waals surface area contributed by atoms with Gasteiger partial charge in [0, 0.05) is 12.8 Å². The number of ether oxygens (including phenoxy) is 4. The van der Waals surface area contributed by atoms with Crippen LogP contribution in [0.1, 0.15) is 121 Å². The summed E-state index contributed by atoms with van der Waals surface area (Å²) in [7, 11) is 2.46. The summed E-state index contributed by atoms with van der Waals surface area (Å²) < 4.78 is 21.6. The molecule has 2 aromatic carbocycles. The van der Waals surface area contributed by atoms with Crippen LogP contribution in [0.5, 0.6) is 11.5 Å². The first-order chi connectivity index (χ1) is 33.4. The lowest BCUT2D eigenvalue weighted by Crippen LogP contribution is -2.60. The monoisotopic (exact) mass is 999 g/mol. The molecule has 0 aliphatic rings. The van der Waals surface area contributed by atoms with Crippen molar-refractivity contribution in [1.29, 1.82) is 0 Å². The highest BCUT2D eigenvalue weighted by Crippen LogP contribution is 2.26. The molecule has 8 atom stereocenters. The highest BCUT2D eigenvalue weighted by atomic mass is 16.5. The van der Waals surface area contributed by atoms with Gasteiger partial charge < -0.3 is 56.0 Å². The van der Waals surface area contributed by atoms with Crippen LogP contribution in [-0.2, 0) is 47.8 Å². The molecule has 0 aromatic heterocycles. The average molecular weight is 999 g/mol. The normalized spacial score (nSPS) is 14.8. The van der Waals surface area contributed by atoms with Crippen molar-refractivity contribution in [1.82, 2.24) is 31.9 Å². The maximum absolute atomic E-state index is 13.5. The summed E-state index contributed by atoms with van der Waals surface area (Å²) in [6, 6.07) is 5.01. The summed E-state index contributed by atoms with van der Waals surface area (Å²) >= 11 is 0. The predicted molar refractivity (Wildman–Crippen MR) is 269 cm³/mol. The standard InChI is InChI=1S/C52H82N6O13/c1-14-33(10)45(49(64)58-46(34(11)59)50(65)54-40(26-30(4)5)51(66)68-12)56-42(61)18-16-24-71-38-22-20-35-19-21-37(27-36(35)28-38)70-23-15-17-41(60)55-43(31(6)7)48(63)53-39(25-29(2)3)47(62)57-44(32(8)9)52(67)69-13/h19-22,27-34,39-40,43-46,59H,14-18,23-26H2,1-13H3,(H,53,63)(H,54,65)(H,55,60)(H,56,61)(H,57,62)(H,58,64)/t33-,34+,39-,40-,43-,44-,45-,46-/m0/s1. The van der Waals surface area contributed by atoms with Crippen LogP contribution in [0.3, 0.4) is 0 Å². The average Bonchev–Trinajstić information content (AvgIpc) is 3.31. The number of hydrogen-bond acceptors (Lipinski definition) is 13. The maximum Gasteiger partial charge on any atom is 0.328 e. The van der Waals surface area contributed by atoms with Gasteiger partial charge in [-0.1, -0.05) is 87.8 Å². The van der Waals surface area contributed by atoms with Gasteiger partial charge in [0.25, 0.3) is 0 Å². The number of methoxy groups -OCH3 is 2. The molecule has 0 heterocycles. The van der Waals surface area contributed by atoms with E-state index < -0.39 is 83.8 Å². The molecular formula is C52H82N6O13. The number of amides is 6. The zero-order valence-electron chi connectivity index (χ0n) is 44.1. The Morgan fingerprint density at radius 3 is 1.39 bits per heavy atom. The Labute approximate surface area is 419 Å². The lowest BCUT2D eigenvalue weighted by Gasteiger charge is -2.28. The van der Waals surface area contributed by atoms with Crippen molar-refractivity contribution in [2.75, 3.05) is 27.4 Å². The molecule has 2 aromatic rings. The SMILES string of the molecule is CC[C@H](C)[C@H](NC(=O)CCCOc1ccc2ccc(OCCCC(=O)N[C@H](C(=O)N[C@@H](CC(C)C)C(=O)N[C@H](C(=O)OC)C(C)C)C(C)C)cc2c1)C(=O)N[C@H](C(=O)N[C@@H](CC(C)C)C(=O)OC)[C@@H](C)O. The third-order valence-electron chi connectivity index (χ3n) is 11.8. The van der Waals surface area contributed by atoms with E-state index in [4.69, 9.17) is 18.9 Å². The number of rotatable bonds is 31. The van der Waals surface area contributed by atoms with Gasteiger partial charge in [-0.25, -0.2) is 9.59 Å². The number of aliphatic hydroxyl groups excluding tert-OH is 1. The molecule has 0 saturated carbocycles. The largest absolute Gasteiger partial charge is 0.494 e. The quantitative estimate of drug-likeness (QED) is 0.0412. The van der Waals surface area contributed by atoms with Gasteiger partial charge in [-0.05, 0) is 97.2 Å². The van der Waals surface area contributed by atoms with Crippen LogP contribution in [0.2, 0.25) is 0 Å². The molecule has 0 radical (unpaired) electrons. The van der Waals surface area contributed by atoms with Crippen molar-refractivity contribution >= 4 is 58.2 Å². The van der Waals surface area contributed by atoms with Crippen LogP contribution < -0.4 is 41.4 Å². The van der Waals surface area contributed by atoms with E-state index in [1.807, 2.05) is 71.0 Å². The number of benzene rings is 2. The molecular weight excluding hydrogens is 917 g/mol. The number of carbonyl (C=O) groups excluding carboxylic acids is 8. The zero-order chi connectivity index (χ0) is 53.5. The van der Waals surface area contributed by atoms with Crippen molar-refractivity contribution in [3.63, 3.8) is 0 Å². The lowest BCUT2D eigenvalue weighted by atomic mass is 9.97. The van der Waals surface area contributed by atoms with Gasteiger partial charge in [0.15, 0.2) is 0 Å². The van der Waals surface area contributed by atoms with E-state index in [2.05, 4.69) is 31.9 Å². The van der Waals surface area contributed by atoms with E-state index in [0.717, 1.165) is 10.8 Å². The van der Waals surface area contributed by atoms with Gasteiger partial charge in [0.2, 0.25) is 35.4 Å². The Hall–Kier alpha value is -5.98. The fourth-order valence-corrected chi connectivity index (χ4v) is 7.54. The molecule has 19 nitrogen and oxygen atoms in total. The molecule has 71 heavy (non-hydrogen) atoms. The molecule has 19 heteroatoms. The number of esters is 2. The van der Waals surface area contributed by atoms with Crippen LogP contribution in [0.15, 0.2) is 36.4 Å². The third kappa shape index (κ3) is 21.1. The van der Waals surface area contributed by atoms with Crippen LogP contribution in [0.4, 0.5) is 0 Å². The second kappa shape index (κ2) is 30.7. The highest BCUT2D eigenvalue weighted by molar-refractivity contribution is 5.95. The molecule has 0 fully saturated rings. The summed E-state index contributed by atoms with van der Waals surface area (Å²) in [4.78, 5) is 104. The first-order valence-corrected chi connectivity index (χ1v) is 24.9. The van der Waals surface area contributed by atoms with Crippen molar-refractivity contribution in [2.45, 2.75) is 163 Å². The van der Waals surface area contributed by atoms with E-state index in [0.29, 0.717) is 37.2 Å². The minimum atomic E-state index is -1.40. The first kappa shape index (κ1) is 61.1. The number of aliphatic hydroxyl groups is 1. The van der Waals surface area contributed by atoms with E-state index >= 15 is 0 Å². The van der Waals surface area contributed by atoms with Crippen LogP contribution in [0.25, 0.3) is 10.8 Å².